The van der Waals surface area contributed by atoms with Crippen LogP contribution in [0.5, 0.6) is 5.75 Å². The molecule has 3 heteroatoms. The molecular formula is C15H14Br2O. The zero-order valence-electron chi connectivity index (χ0n) is 9.90. The SMILES string of the molecule is BrCc1ccc(OCc2ccccc2CBr)cc1. The second-order valence-electron chi connectivity index (χ2n) is 3.97. The Labute approximate surface area is 124 Å². The standard InChI is InChI=1S/C15H14Br2O/c16-9-12-5-7-15(8-6-12)18-11-14-4-2-1-3-13(14)10-17/h1-8H,9-11H2. The van der Waals surface area contributed by atoms with Crippen molar-refractivity contribution in [2.24, 2.45) is 0 Å². The normalized spacial score (nSPS) is 10.3. The summed E-state index contributed by atoms with van der Waals surface area (Å²) in [6.07, 6.45) is 0. The minimum atomic E-state index is 0.607. The second kappa shape index (κ2) is 6.95. The molecule has 0 bridgehead atoms. The van der Waals surface area contributed by atoms with Crippen molar-refractivity contribution >= 4 is 31.9 Å². The summed E-state index contributed by atoms with van der Waals surface area (Å²) < 4.78 is 5.80. The fourth-order valence-electron chi connectivity index (χ4n) is 1.66. The molecule has 0 aliphatic carbocycles. The molecule has 1 nitrogen and oxygen atoms in total. The van der Waals surface area contributed by atoms with Crippen LogP contribution in [0, 0.1) is 0 Å². The second-order valence-corrected chi connectivity index (χ2v) is 5.09. The van der Waals surface area contributed by atoms with Gasteiger partial charge in [-0.25, -0.2) is 0 Å². The van der Waals surface area contributed by atoms with Crippen molar-refractivity contribution in [3.8, 4) is 5.75 Å². The molecule has 0 aliphatic heterocycles. The van der Waals surface area contributed by atoms with Gasteiger partial charge >= 0.3 is 0 Å². The lowest BCUT2D eigenvalue weighted by atomic mass is 10.1. The van der Waals surface area contributed by atoms with Gasteiger partial charge in [0.1, 0.15) is 12.4 Å². The molecule has 0 saturated carbocycles. The first kappa shape index (κ1) is 13.6. The molecule has 0 fully saturated rings. The monoisotopic (exact) mass is 368 g/mol. The van der Waals surface area contributed by atoms with Crippen LogP contribution in [0.15, 0.2) is 48.5 Å². The molecular weight excluding hydrogens is 356 g/mol. The number of rotatable bonds is 5. The van der Waals surface area contributed by atoms with Crippen molar-refractivity contribution in [1.82, 2.24) is 0 Å². The Morgan fingerprint density at radius 3 is 2.06 bits per heavy atom. The van der Waals surface area contributed by atoms with Crippen molar-refractivity contribution in [3.05, 3.63) is 65.2 Å². The van der Waals surface area contributed by atoms with E-state index in [0.717, 1.165) is 16.4 Å². The van der Waals surface area contributed by atoms with Gasteiger partial charge in [-0.3, -0.25) is 0 Å². The molecule has 0 aromatic heterocycles. The first-order chi connectivity index (χ1) is 8.83. The maximum absolute atomic E-state index is 5.80. The van der Waals surface area contributed by atoms with E-state index < -0.39 is 0 Å². The lowest BCUT2D eigenvalue weighted by molar-refractivity contribution is 0.305. The van der Waals surface area contributed by atoms with Crippen molar-refractivity contribution in [2.45, 2.75) is 17.3 Å². The van der Waals surface area contributed by atoms with Crippen LogP contribution >= 0.6 is 31.9 Å². The number of ether oxygens (including phenoxy) is 1. The summed E-state index contributed by atoms with van der Waals surface area (Å²) in [5.74, 6) is 0.907. The molecule has 0 saturated heterocycles. The lowest BCUT2D eigenvalue weighted by Crippen LogP contribution is -1.98. The molecule has 0 atom stereocenters. The van der Waals surface area contributed by atoms with E-state index in [9.17, 15) is 0 Å². The molecule has 0 radical (unpaired) electrons. The van der Waals surface area contributed by atoms with Gasteiger partial charge in [-0.1, -0.05) is 68.3 Å². The molecule has 2 aromatic carbocycles. The molecule has 0 amide bonds. The predicted octanol–water partition coefficient (Wildman–Crippen LogP) is 5.06. The highest BCUT2D eigenvalue weighted by molar-refractivity contribution is 9.08. The van der Waals surface area contributed by atoms with E-state index in [1.54, 1.807) is 0 Å². The third-order valence-corrected chi connectivity index (χ3v) is 3.99. The quantitative estimate of drug-likeness (QED) is 0.669. The van der Waals surface area contributed by atoms with E-state index in [1.807, 2.05) is 24.3 Å². The third kappa shape index (κ3) is 3.59. The van der Waals surface area contributed by atoms with Gasteiger partial charge in [0, 0.05) is 10.7 Å². The molecule has 18 heavy (non-hydrogen) atoms. The van der Waals surface area contributed by atoms with Gasteiger partial charge in [-0.2, -0.15) is 0 Å². The minimum absolute atomic E-state index is 0.607. The van der Waals surface area contributed by atoms with E-state index in [1.165, 1.54) is 16.7 Å². The average Bonchev–Trinajstić information content (AvgIpc) is 2.46. The highest BCUT2D eigenvalue weighted by Gasteiger charge is 2.01. The summed E-state index contributed by atoms with van der Waals surface area (Å²) >= 11 is 6.92. The fourth-order valence-corrected chi connectivity index (χ4v) is 2.59. The van der Waals surface area contributed by atoms with Crippen molar-refractivity contribution in [3.63, 3.8) is 0 Å². The van der Waals surface area contributed by atoms with Crippen LogP contribution in [0.4, 0.5) is 0 Å². The average molecular weight is 370 g/mol. The lowest BCUT2D eigenvalue weighted by Gasteiger charge is -2.09. The Balaban J connectivity index is 2.02. The van der Waals surface area contributed by atoms with Crippen LogP contribution in [0.3, 0.4) is 0 Å². The predicted molar refractivity (Wildman–Crippen MR) is 82.5 cm³/mol. The Hall–Kier alpha value is -0.800. The molecule has 94 valence electrons. The Morgan fingerprint density at radius 1 is 0.778 bits per heavy atom. The fraction of sp³-hybridized carbons (Fsp3) is 0.200. The highest BCUT2D eigenvalue weighted by atomic mass is 79.9. The first-order valence-corrected chi connectivity index (χ1v) is 7.98. The number of halogens is 2. The van der Waals surface area contributed by atoms with Gasteiger partial charge in [0.15, 0.2) is 0 Å². The van der Waals surface area contributed by atoms with Gasteiger partial charge in [-0.05, 0) is 28.8 Å². The number of alkyl halides is 2. The van der Waals surface area contributed by atoms with Gasteiger partial charge < -0.3 is 4.74 Å². The van der Waals surface area contributed by atoms with E-state index in [0.29, 0.717) is 6.61 Å². The summed E-state index contributed by atoms with van der Waals surface area (Å²) in [4.78, 5) is 0. The summed E-state index contributed by atoms with van der Waals surface area (Å²) in [5.41, 5.74) is 3.75. The van der Waals surface area contributed by atoms with Crippen molar-refractivity contribution in [2.75, 3.05) is 0 Å². The van der Waals surface area contributed by atoms with Crippen molar-refractivity contribution < 1.29 is 4.74 Å². The zero-order valence-corrected chi connectivity index (χ0v) is 13.1. The Kier molecular flexibility index (Phi) is 5.26. The smallest absolute Gasteiger partial charge is 0.119 e. The molecule has 0 heterocycles. The molecule has 2 aromatic rings. The number of hydrogen-bond acceptors (Lipinski definition) is 1. The van der Waals surface area contributed by atoms with Gasteiger partial charge in [0.05, 0.1) is 0 Å². The van der Waals surface area contributed by atoms with Gasteiger partial charge in [0.25, 0.3) is 0 Å². The maximum atomic E-state index is 5.80. The Bertz CT molecular complexity index is 494. The van der Waals surface area contributed by atoms with E-state index in [-0.39, 0.29) is 0 Å². The van der Waals surface area contributed by atoms with Crippen LogP contribution in [0.2, 0.25) is 0 Å². The topological polar surface area (TPSA) is 9.23 Å². The highest BCUT2D eigenvalue weighted by Crippen LogP contribution is 2.18. The van der Waals surface area contributed by atoms with E-state index in [4.69, 9.17) is 4.74 Å². The van der Waals surface area contributed by atoms with Crippen LogP contribution in [0.1, 0.15) is 16.7 Å². The van der Waals surface area contributed by atoms with Crippen LogP contribution in [-0.4, -0.2) is 0 Å². The first-order valence-electron chi connectivity index (χ1n) is 5.74. The summed E-state index contributed by atoms with van der Waals surface area (Å²) in [7, 11) is 0. The molecule has 2 rings (SSSR count). The van der Waals surface area contributed by atoms with Crippen LogP contribution in [0.25, 0.3) is 0 Å². The van der Waals surface area contributed by atoms with Crippen molar-refractivity contribution in [1.29, 1.82) is 0 Å². The van der Waals surface area contributed by atoms with Gasteiger partial charge in [0.2, 0.25) is 0 Å². The maximum Gasteiger partial charge on any atom is 0.119 e. The largest absolute Gasteiger partial charge is 0.489 e. The number of hydrogen-bond donors (Lipinski definition) is 0. The Morgan fingerprint density at radius 2 is 1.44 bits per heavy atom. The van der Waals surface area contributed by atoms with E-state index >= 15 is 0 Å². The minimum Gasteiger partial charge on any atom is -0.489 e. The van der Waals surface area contributed by atoms with Crippen LogP contribution < -0.4 is 4.74 Å². The molecule has 0 aliphatic rings. The summed E-state index contributed by atoms with van der Waals surface area (Å²) in [5, 5.41) is 1.73. The van der Waals surface area contributed by atoms with E-state index in [2.05, 4.69) is 56.1 Å². The summed E-state index contributed by atoms with van der Waals surface area (Å²) in [6, 6.07) is 16.5. The third-order valence-electron chi connectivity index (χ3n) is 2.73. The molecule has 0 unspecified atom stereocenters. The molecule has 0 spiro atoms. The zero-order chi connectivity index (χ0) is 12.8. The van der Waals surface area contributed by atoms with Crippen LogP contribution in [-0.2, 0) is 17.3 Å². The number of benzene rings is 2. The molecule has 0 N–H and O–H groups in total. The van der Waals surface area contributed by atoms with Gasteiger partial charge in [-0.15, -0.1) is 0 Å². The summed E-state index contributed by atoms with van der Waals surface area (Å²) in [6.45, 7) is 0.607.